The minimum Gasteiger partial charge on any atom is -0.338 e. The first-order valence-corrected chi connectivity index (χ1v) is 9.53. The predicted molar refractivity (Wildman–Crippen MR) is 99.0 cm³/mol. The Kier molecular flexibility index (Phi) is 4.76. The Labute approximate surface area is 154 Å². The average molecular weight is 353 g/mol. The molecule has 2 aliphatic heterocycles. The molecule has 2 fully saturated rings. The largest absolute Gasteiger partial charge is 0.338 e. The fraction of sp³-hybridized carbons (Fsp3) is 0.550. The molecule has 6 nitrogen and oxygen atoms in total. The van der Waals surface area contributed by atoms with Crippen molar-refractivity contribution in [3.8, 4) is 0 Å². The lowest BCUT2D eigenvalue weighted by Crippen LogP contribution is -2.35. The minimum atomic E-state index is -0.142. The monoisotopic (exact) mass is 353 g/mol. The molecule has 4 heterocycles. The van der Waals surface area contributed by atoms with Crippen LogP contribution in [0.15, 0.2) is 36.9 Å². The number of hydrogen-bond acceptors (Lipinski definition) is 4. The summed E-state index contributed by atoms with van der Waals surface area (Å²) < 4.78 is 1.85. The minimum absolute atomic E-state index is 0.142. The summed E-state index contributed by atoms with van der Waals surface area (Å²) in [5.41, 5.74) is 2.27. The van der Waals surface area contributed by atoms with Gasteiger partial charge in [0.1, 0.15) is 0 Å². The van der Waals surface area contributed by atoms with Gasteiger partial charge in [-0.05, 0) is 56.5 Å². The Morgan fingerprint density at radius 1 is 1.04 bits per heavy atom. The summed E-state index contributed by atoms with van der Waals surface area (Å²) in [6, 6.07) is 4.00. The second-order valence-corrected chi connectivity index (χ2v) is 7.76. The molecule has 1 atom stereocenters. The third-order valence-electron chi connectivity index (χ3n) is 5.92. The normalized spacial score (nSPS) is 24.3. The first-order chi connectivity index (χ1) is 12.6. The number of hydrogen-bond donors (Lipinski definition) is 0. The predicted octanol–water partition coefficient (Wildman–Crippen LogP) is 2.22. The molecule has 6 heteroatoms. The Hall–Kier alpha value is -2.21. The summed E-state index contributed by atoms with van der Waals surface area (Å²) in [6.07, 6.45) is 11.7. The highest BCUT2D eigenvalue weighted by atomic mass is 16.2. The fourth-order valence-corrected chi connectivity index (χ4v) is 4.44. The Morgan fingerprint density at radius 2 is 1.85 bits per heavy atom. The molecule has 138 valence electrons. The highest BCUT2D eigenvalue weighted by molar-refractivity contribution is 5.84. The summed E-state index contributed by atoms with van der Waals surface area (Å²) in [4.78, 5) is 21.8. The van der Waals surface area contributed by atoms with Gasteiger partial charge in [-0.15, -0.1) is 0 Å². The molecule has 2 aromatic rings. The molecule has 0 aromatic carbocycles. The zero-order valence-electron chi connectivity index (χ0n) is 15.5. The molecule has 2 aromatic heterocycles. The van der Waals surface area contributed by atoms with Gasteiger partial charge < -0.3 is 4.90 Å². The van der Waals surface area contributed by atoms with Crippen molar-refractivity contribution in [1.29, 1.82) is 0 Å². The van der Waals surface area contributed by atoms with Crippen LogP contribution in [0, 0.1) is 5.41 Å². The number of carbonyl (C=O) groups is 1. The van der Waals surface area contributed by atoms with E-state index in [0.717, 1.165) is 57.4 Å². The molecule has 0 radical (unpaired) electrons. The molecule has 0 bridgehead atoms. The van der Waals surface area contributed by atoms with E-state index in [2.05, 4.69) is 21.2 Å². The highest BCUT2D eigenvalue weighted by Crippen LogP contribution is 2.42. The van der Waals surface area contributed by atoms with Gasteiger partial charge in [0.25, 0.3) is 0 Å². The smallest absolute Gasteiger partial charge is 0.229 e. The van der Waals surface area contributed by atoms with Crippen molar-refractivity contribution in [2.24, 2.45) is 12.5 Å². The van der Waals surface area contributed by atoms with Gasteiger partial charge in [-0.25, -0.2) is 0 Å². The lowest BCUT2D eigenvalue weighted by Gasteiger charge is -2.27. The van der Waals surface area contributed by atoms with E-state index in [1.54, 1.807) is 12.4 Å². The van der Waals surface area contributed by atoms with E-state index in [1.165, 1.54) is 5.56 Å². The Morgan fingerprint density at radius 3 is 2.62 bits per heavy atom. The van der Waals surface area contributed by atoms with E-state index >= 15 is 0 Å². The molecule has 1 amide bonds. The van der Waals surface area contributed by atoms with Crippen LogP contribution in [0.5, 0.6) is 0 Å². The second kappa shape index (κ2) is 7.19. The lowest BCUT2D eigenvalue weighted by molar-refractivity contribution is -0.137. The van der Waals surface area contributed by atoms with Gasteiger partial charge in [-0.1, -0.05) is 0 Å². The van der Waals surface area contributed by atoms with Crippen LogP contribution in [-0.4, -0.2) is 50.1 Å². The van der Waals surface area contributed by atoms with Gasteiger partial charge in [-0.3, -0.25) is 19.4 Å². The highest BCUT2D eigenvalue weighted by Gasteiger charge is 2.46. The number of nitrogens with zero attached hydrogens (tertiary/aromatic N) is 5. The average Bonchev–Trinajstić information content (AvgIpc) is 3.10. The molecule has 0 saturated carbocycles. The van der Waals surface area contributed by atoms with Crippen molar-refractivity contribution < 1.29 is 4.79 Å². The van der Waals surface area contributed by atoms with Crippen LogP contribution in [-0.2, 0) is 24.9 Å². The number of pyridine rings is 1. The van der Waals surface area contributed by atoms with Crippen LogP contribution in [0.2, 0.25) is 0 Å². The Bertz CT molecular complexity index is 759. The quantitative estimate of drug-likeness (QED) is 0.846. The number of aryl methyl sites for hydroxylation is 1. The molecule has 2 aliphatic rings. The topological polar surface area (TPSA) is 54.3 Å². The second-order valence-electron chi connectivity index (χ2n) is 7.76. The number of aromatic nitrogens is 3. The van der Waals surface area contributed by atoms with E-state index in [0.29, 0.717) is 12.5 Å². The van der Waals surface area contributed by atoms with Gasteiger partial charge in [-0.2, -0.15) is 5.10 Å². The van der Waals surface area contributed by atoms with Gasteiger partial charge in [0.05, 0.1) is 11.6 Å². The van der Waals surface area contributed by atoms with Crippen LogP contribution in [0.25, 0.3) is 0 Å². The molecule has 2 saturated heterocycles. The van der Waals surface area contributed by atoms with E-state index in [9.17, 15) is 4.79 Å². The zero-order chi connectivity index (χ0) is 18.0. The van der Waals surface area contributed by atoms with E-state index in [4.69, 9.17) is 0 Å². The van der Waals surface area contributed by atoms with E-state index in [-0.39, 0.29) is 5.41 Å². The molecule has 4 rings (SSSR count). The van der Waals surface area contributed by atoms with Crippen molar-refractivity contribution in [3.05, 3.63) is 48.0 Å². The first kappa shape index (κ1) is 17.2. The van der Waals surface area contributed by atoms with E-state index < -0.39 is 0 Å². The maximum Gasteiger partial charge on any atom is 0.229 e. The third kappa shape index (κ3) is 3.51. The first-order valence-electron chi connectivity index (χ1n) is 9.53. The molecule has 0 aliphatic carbocycles. The standard InChI is InChI=1S/C20H27N5O/c1-23-14-18(13-22-23)15-24-10-2-5-20(6-11-24)7-12-25(19(20)26)16-17-3-8-21-9-4-17/h3-4,8-9,13-14H,2,5-7,10-12,15-16H2,1H3/t20-/m1/s1. The number of likely N-dealkylation sites (tertiary alicyclic amines) is 2. The van der Waals surface area contributed by atoms with Gasteiger partial charge >= 0.3 is 0 Å². The number of carbonyl (C=O) groups excluding carboxylic acids is 1. The summed E-state index contributed by atoms with van der Waals surface area (Å²) in [7, 11) is 1.95. The van der Waals surface area contributed by atoms with Gasteiger partial charge in [0.15, 0.2) is 0 Å². The van der Waals surface area contributed by atoms with E-state index in [1.807, 2.05) is 35.0 Å². The summed E-state index contributed by atoms with van der Waals surface area (Å²) in [6.45, 7) is 4.57. The molecular weight excluding hydrogens is 326 g/mol. The van der Waals surface area contributed by atoms with Gasteiger partial charge in [0, 0.05) is 50.8 Å². The van der Waals surface area contributed by atoms with Crippen LogP contribution < -0.4 is 0 Å². The molecule has 0 N–H and O–H groups in total. The third-order valence-corrected chi connectivity index (χ3v) is 5.92. The van der Waals surface area contributed by atoms with Gasteiger partial charge in [0.2, 0.25) is 5.91 Å². The van der Waals surface area contributed by atoms with Crippen LogP contribution in [0.3, 0.4) is 0 Å². The zero-order valence-corrected chi connectivity index (χ0v) is 15.5. The maximum atomic E-state index is 13.2. The molecule has 26 heavy (non-hydrogen) atoms. The summed E-state index contributed by atoms with van der Waals surface area (Å²) in [5.74, 6) is 0.359. The Balaban J connectivity index is 1.39. The van der Waals surface area contributed by atoms with Crippen molar-refractivity contribution in [1.82, 2.24) is 24.6 Å². The summed E-state index contributed by atoms with van der Waals surface area (Å²) in [5, 5.41) is 4.26. The van der Waals surface area contributed by atoms with Crippen LogP contribution in [0.1, 0.15) is 36.8 Å². The SMILES string of the molecule is Cn1cc(CN2CCC[C@@]3(CC2)CCN(Cc2ccncc2)C3=O)cn1. The fourth-order valence-electron chi connectivity index (χ4n) is 4.44. The van der Waals surface area contributed by atoms with Crippen LogP contribution in [0.4, 0.5) is 0 Å². The lowest BCUT2D eigenvalue weighted by atomic mass is 9.79. The molecule has 0 unspecified atom stereocenters. The van der Waals surface area contributed by atoms with Crippen molar-refractivity contribution in [2.45, 2.75) is 38.8 Å². The number of amides is 1. The van der Waals surface area contributed by atoms with Crippen LogP contribution >= 0.6 is 0 Å². The summed E-state index contributed by atoms with van der Waals surface area (Å²) >= 11 is 0. The number of rotatable bonds is 4. The van der Waals surface area contributed by atoms with Crippen molar-refractivity contribution >= 4 is 5.91 Å². The molecule has 1 spiro atoms. The van der Waals surface area contributed by atoms with Crippen molar-refractivity contribution in [2.75, 3.05) is 19.6 Å². The maximum absolute atomic E-state index is 13.2. The van der Waals surface area contributed by atoms with Crippen molar-refractivity contribution in [3.63, 3.8) is 0 Å². The molecular formula is C20H27N5O.